The van der Waals surface area contributed by atoms with E-state index in [-0.39, 0.29) is 31.3 Å². The number of Topliss-reactive ketones (excluding diaryl/α,β-unsaturated/α-hetero) is 1. The fourth-order valence-electron chi connectivity index (χ4n) is 6.98. The lowest BCUT2D eigenvalue weighted by molar-refractivity contribution is -0.142. The first-order valence-corrected chi connectivity index (χ1v) is 21.4. The van der Waals surface area contributed by atoms with Crippen LogP contribution < -0.4 is 21.3 Å². The smallest absolute Gasteiger partial charge is 0.408 e. The number of benzene rings is 1. The number of alkyl carbamates (subject to hydrolysis) is 1. The summed E-state index contributed by atoms with van der Waals surface area (Å²) in [5, 5.41) is 24.6. The third kappa shape index (κ3) is 11.8. The third-order valence-corrected chi connectivity index (χ3v) is 13.1. The summed E-state index contributed by atoms with van der Waals surface area (Å²) in [6.07, 6.45) is 7.81. The number of allylic oxidation sites excluding steroid dienone is 1. The van der Waals surface area contributed by atoms with Crippen molar-refractivity contribution in [3.63, 3.8) is 0 Å². The molecule has 3 heterocycles. The standard InChI is InChI=1S/C38H53N9O7S2/c1-4-12-27(32(49)35(51)39-21-30(48)42-31(33-43-45-46-44-33)26-15-9-6-10-16-26)40-34(50)29-20-38(55-17-11-18-56-38)23-47(29)36(52)28(19-25-13-7-5-8-14-25)41-37(53)54-22-24(2)3/h6,9-10,15-16,19,24,27-29,31H,4-5,7-8,11-14,17-18,20-23H2,1-3H3,(H,39,51)(H,40,50)(H,41,53)(H,42,48)(H,43,44,45,46)/t27?,28?,29-,31?/m0/s1. The van der Waals surface area contributed by atoms with Crippen molar-refractivity contribution in [2.75, 3.05) is 31.2 Å². The molecule has 1 spiro atoms. The van der Waals surface area contributed by atoms with Crippen LogP contribution in [0, 0.1) is 5.92 Å². The number of ketones is 1. The minimum absolute atomic E-state index is 0.103. The molecular weight excluding hydrogens is 759 g/mol. The molecule has 5 rings (SSSR count). The number of ether oxygens (including phenoxy) is 1. The number of rotatable bonds is 16. The van der Waals surface area contributed by atoms with Crippen molar-refractivity contribution in [3.8, 4) is 0 Å². The predicted octanol–water partition coefficient (Wildman–Crippen LogP) is 3.18. The molecule has 1 aromatic carbocycles. The van der Waals surface area contributed by atoms with Crippen LogP contribution in [0.2, 0.25) is 0 Å². The summed E-state index contributed by atoms with van der Waals surface area (Å²) < 4.78 is 4.95. The summed E-state index contributed by atoms with van der Waals surface area (Å²) in [4.78, 5) is 82.9. The van der Waals surface area contributed by atoms with E-state index in [2.05, 4.69) is 41.9 Å². The zero-order valence-electron chi connectivity index (χ0n) is 32.2. The van der Waals surface area contributed by atoms with Crippen molar-refractivity contribution >= 4 is 59.0 Å². The number of nitrogens with zero attached hydrogens (tertiary/aromatic N) is 4. The number of likely N-dealkylation sites (tertiary alicyclic amines) is 1. The van der Waals surface area contributed by atoms with Crippen molar-refractivity contribution in [2.24, 2.45) is 5.92 Å². The Balaban J connectivity index is 1.28. The van der Waals surface area contributed by atoms with Gasteiger partial charge in [0, 0.05) is 13.0 Å². The number of tetrazole rings is 1. The van der Waals surface area contributed by atoms with Gasteiger partial charge in [-0.3, -0.25) is 24.0 Å². The van der Waals surface area contributed by atoms with Crippen LogP contribution in [0.15, 0.2) is 42.0 Å². The van der Waals surface area contributed by atoms with E-state index in [0.29, 0.717) is 18.4 Å². The molecule has 1 saturated carbocycles. The molecule has 3 unspecified atom stereocenters. The Morgan fingerprint density at radius 1 is 1.00 bits per heavy atom. The molecule has 18 heteroatoms. The number of amides is 5. The molecule has 2 aromatic rings. The number of hydrogen-bond donors (Lipinski definition) is 5. The summed E-state index contributed by atoms with van der Waals surface area (Å²) in [7, 11) is 0. The molecule has 1 aliphatic carbocycles. The highest BCUT2D eigenvalue weighted by molar-refractivity contribution is 8.18. The molecule has 304 valence electrons. The van der Waals surface area contributed by atoms with E-state index < -0.39 is 70.3 Å². The van der Waals surface area contributed by atoms with E-state index in [1.165, 1.54) is 4.90 Å². The maximum Gasteiger partial charge on any atom is 0.408 e. The van der Waals surface area contributed by atoms with Crippen molar-refractivity contribution in [1.82, 2.24) is 46.8 Å². The molecule has 2 saturated heterocycles. The van der Waals surface area contributed by atoms with Gasteiger partial charge in [0.15, 0.2) is 0 Å². The molecule has 5 N–H and O–H groups in total. The fourth-order valence-corrected chi connectivity index (χ4v) is 10.3. The highest BCUT2D eigenvalue weighted by atomic mass is 32.2. The minimum Gasteiger partial charge on any atom is -0.449 e. The molecule has 5 amide bonds. The number of carbonyl (C=O) groups is 6. The summed E-state index contributed by atoms with van der Waals surface area (Å²) >= 11 is 3.44. The maximum atomic E-state index is 14.5. The molecule has 4 atom stereocenters. The Kier molecular flexibility index (Phi) is 15.7. The Labute approximate surface area is 335 Å². The SMILES string of the molecule is CCCC(NC(=O)[C@@H]1CC2(CN1C(=O)C(C=C1CCCCC1)NC(=O)OCC(C)C)SCCCS2)C(=O)C(=O)NCC(=O)NC(c1ccccc1)c1nn[nH]n1. The topological polar surface area (TPSA) is 217 Å². The van der Waals surface area contributed by atoms with E-state index in [0.717, 1.165) is 55.6 Å². The normalized spacial score (nSPS) is 19.4. The maximum absolute atomic E-state index is 14.5. The van der Waals surface area contributed by atoms with Gasteiger partial charge in [-0.25, -0.2) is 4.79 Å². The van der Waals surface area contributed by atoms with Gasteiger partial charge in [0.2, 0.25) is 29.3 Å². The molecule has 16 nitrogen and oxygen atoms in total. The number of carbonyl (C=O) groups excluding carboxylic acids is 6. The van der Waals surface area contributed by atoms with Gasteiger partial charge >= 0.3 is 6.09 Å². The van der Waals surface area contributed by atoms with Gasteiger partial charge < -0.3 is 30.9 Å². The minimum atomic E-state index is -1.20. The van der Waals surface area contributed by atoms with Crippen LogP contribution in [0.3, 0.4) is 0 Å². The number of hydrogen-bond acceptors (Lipinski definition) is 12. The fraction of sp³-hybridized carbons (Fsp3) is 0.605. The van der Waals surface area contributed by atoms with Gasteiger partial charge in [-0.05, 0) is 61.5 Å². The van der Waals surface area contributed by atoms with Gasteiger partial charge in [-0.2, -0.15) is 5.21 Å². The first-order chi connectivity index (χ1) is 27.0. The summed E-state index contributed by atoms with van der Waals surface area (Å²) in [6, 6.07) is 5.00. The van der Waals surface area contributed by atoms with Gasteiger partial charge in [0.25, 0.3) is 5.91 Å². The zero-order chi connectivity index (χ0) is 40.1. The Morgan fingerprint density at radius 2 is 1.73 bits per heavy atom. The molecule has 2 aliphatic heterocycles. The largest absolute Gasteiger partial charge is 0.449 e. The molecule has 1 aromatic heterocycles. The van der Waals surface area contributed by atoms with Crippen molar-refractivity contribution < 1.29 is 33.5 Å². The number of aromatic amines is 1. The van der Waals surface area contributed by atoms with Gasteiger partial charge in [0.1, 0.15) is 18.1 Å². The van der Waals surface area contributed by atoms with Crippen LogP contribution in [-0.2, 0) is 28.7 Å². The van der Waals surface area contributed by atoms with Crippen LogP contribution in [0.4, 0.5) is 4.79 Å². The van der Waals surface area contributed by atoms with Crippen molar-refractivity contribution in [2.45, 2.75) is 107 Å². The lowest BCUT2D eigenvalue weighted by Crippen LogP contribution is -2.56. The lowest BCUT2D eigenvalue weighted by atomic mass is 9.93. The highest BCUT2D eigenvalue weighted by Crippen LogP contribution is 2.50. The molecule has 0 radical (unpaired) electrons. The third-order valence-electron chi connectivity index (χ3n) is 9.78. The monoisotopic (exact) mass is 811 g/mol. The van der Waals surface area contributed by atoms with Crippen molar-refractivity contribution in [1.29, 1.82) is 0 Å². The molecule has 0 bridgehead atoms. The molecular formula is C38H53N9O7S2. The number of thioether (sulfide) groups is 2. The van der Waals surface area contributed by atoms with E-state index in [1.54, 1.807) is 47.8 Å². The Hall–Kier alpha value is -4.45. The second kappa shape index (κ2) is 20.6. The van der Waals surface area contributed by atoms with E-state index in [9.17, 15) is 28.8 Å². The Morgan fingerprint density at radius 3 is 2.39 bits per heavy atom. The van der Waals surface area contributed by atoms with Crippen molar-refractivity contribution in [3.05, 3.63) is 53.4 Å². The van der Waals surface area contributed by atoms with Gasteiger partial charge in [0.05, 0.1) is 23.3 Å². The molecule has 3 fully saturated rings. The van der Waals surface area contributed by atoms with E-state index >= 15 is 0 Å². The predicted molar refractivity (Wildman–Crippen MR) is 212 cm³/mol. The quantitative estimate of drug-likeness (QED) is 0.122. The number of H-pyrrole nitrogens is 1. The molecule has 3 aliphatic rings. The van der Waals surface area contributed by atoms with E-state index in [1.807, 2.05) is 32.9 Å². The van der Waals surface area contributed by atoms with E-state index in [4.69, 9.17) is 4.74 Å². The van der Waals surface area contributed by atoms with Crippen LogP contribution in [0.25, 0.3) is 0 Å². The van der Waals surface area contributed by atoms with Gasteiger partial charge in [-0.1, -0.05) is 80.8 Å². The second-order valence-corrected chi connectivity index (χ2v) is 17.9. The average Bonchev–Trinajstić information content (AvgIpc) is 3.87. The molecule has 56 heavy (non-hydrogen) atoms. The second-order valence-electron chi connectivity index (χ2n) is 14.7. The summed E-state index contributed by atoms with van der Waals surface area (Å²) in [5.74, 6) is -1.46. The average molecular weight is 812 g/mol. The van der Waals surface area contributed by atoms with Crippen LogP contribution in [0.5, 0.6) is 0 Å². The van der Waals surface area contributed by atoms with Crippen LogP contribution in [0.1, 0.15) is 96.0 Å². The first-order valence-electron chi connectivity index (χ1n) is 19.4. The van der Waals surface area contributed by atoms with Crippen LogP contribution in [-0.4, -0.2) is 114 Å². The summed E-state index contributed by atoms with van der Waals surface area (Å²) in [5.41, 5.74) is 1.76. The zero-order valence-corrected chi connectivity index (χ0v) is 33.8. The van der Waals surface area contributed by atoms with Crippen LogP contribution >= 0.6 is 23.5 Å². The highest BCUT2D eigenvalue weighted by Gasteiger charge is 2.51. The number of nitrogens with one attached hydrogen (secondary N) is 5. The number of aromatic nitrogens is 4. The Bertz CT molecular complexity index is 1700. The first kappa shape index (κ1) is 42.7. The summed E-state index contributed by atoms with van der Waals surface area (Å²) in [6.45, 7) is 5.60. The van der Waals surface area contributed by atoms with Gasteiger partial charge in [-0.15, -0.1) is 33.7 Å². The lowest BCUT2D eigenvalue weighted by Gasteiger charge is -2.32.